The van der Waals surface area contributed by atoms with Crippen LogP contribution in [0.25, 0.3) is 21.9 Å². The molecule has 5 rings (SSSR count). The zero-order valence-electron chi connectivity index (χ0n) is 17.2. The van der Waals surface area contributed by atoms with Crippen LogP contribution in [0.15, 0.2) is 65.1 Å². The van der Waals surface area contributed by atoms with E-state index in [1.165, 1.54) is 0 Å². The van der Waals surface area contributed by atoms with Gasteiger partial charge in [0, 0.05) is 16.8 Å². The average molecular weight is 357 g/mol. The maximum Gasteiger partial charge on any atom is 0.159 e. The Morgan fingerprint density at radius 1 is 0.926 bits per heavy atom. The number of hydrogen-bond acceptors (Lipinski definition) is 3. The maximum atomic E-state index is 8.72. The minimum absolute atomic E-state index is 0.00223. The van der Waals surface area contributed by atoms with Crippen LogP contribution in [0.2, 0.25) is 0 Å². The molecule has 1 atom stereocenters. The molecule has 3 nitrogen and oxygen atoms in total. The Bertz CT molecular complexity index is 1200. The molecule has 0 aliphatic carbocycles. The van der Waals surface area contributed by atoms with Crippen LogP contribution in [0.1, 0.15) is 27.7 Å². The Labute approximate surface area is 161 Å². The molecule has 0 radical (unpaired) electrons. The van der Waals surface area contributed by atoms with Gasteiger partial charge in [-0.2, -0.15) is 0 Å². The lowest BCUT2D eigenvalue weighted by Crippen LogP contribution is -2.42. The quantitative estimate of drug-likeness (QED) is 0.402. The molecule has 1 unspecified atom stereocenters. The van der Waals surface area contributed by atoms with Crippen LogP contribution < -0.4 is 9.80 Å². The lowest BCUT2D eigenvalue weighted by molar-refractivity contribution is 0.603. The van der Waals surface area contributed by atoms with Crippen LogP contribution >= 0.6 is 0 Å². The van der Waals surface area contributed by atoms with E-state index in [1.54, 1.807) is 0 Å². The van der Waals surface area contributed by atoms with Crippen molar-refractivity contribution in [2.24, 2.45) is 0 Å². The Kier molecular flexibility index (Phi) is 3.24. The van der Waals surface area contributed by atoms with E-state index in [4.69, 9.17) is 5.79 Å². The summed E-state index contributed by atoms with van der Waals surface area (Å²) < 4.78 is 15.1. The lowest BCUT2D eigenvalue weighted by atomic mass is 10.1. The van der Waals surface area contributed by atoms with Crippen molar-refractivity contribution in [3.8, 4) is 0 Å². The first-order chi connectivity index (χ1) is 13.4. The van der Waals surface area contributed by atoms with Gasteiger partial charge >= 0.3 is 0 Å². The summed E-state index contributed by atoms with van der Waals surface area (Å²) in [7, 11) is 0. The fourth-order valence-electron chi connectivity index (χ4n) is 4.48. The highest BCUT2D eigenvalue weighted by Crippen LogP contribution is 2.48. The standard InChI is InChI=1S/C24H24N2O/c1-15(2)25-17(4)26(21-11-7-6-10-20(21)25)23-16(3)13-14-19-18-9-5-8-12-22(18)27-24(19)23/h5-15,17H,1-4H3/i15D. The lowest BCUT2D eigenvalue weighted by Gasteiger charge is -2.33. The van der Waals surface area contributed by atoms with Crippen molar-refractivity contribution in [3.05, 3.63) is 66.2 Å². The van der Waals surface area contributed by atoms with Crippen LogP contribution in [0.4, 0.5) is 17.1 Å². The highest BCUT2D eigenvalue weighted by atomic mass is 16.3. The van der Waals surface area contributed by atoms with Gasteiger partial charge in [-0.3, -0.25) is 0 Å². The molecule has 0 saturated carbocycles. The van der Waals surface area contributed by atoms with Gasteiger partial charge in [-0.25, -0.2) is 0 Å². The molecule has 1 aliphatic rings. The van der Waals surface area contributed by atoms with Gasteiger partial charge in [0.1, 0.15) is 11.7 Å². The van der Waals surface area contributed by atoms with Gasteiger partial charge in [-0.1, -0.05) is 42.5 Å². The topological polar surface area (TPSA) is 19.6 Å². The van der Waals surface area contributed by atoms with Crippen molar-refractivity contribution in [1.29, 1.82) is 0 Å². The molecule has 3 heteroatoms. The molecule has 27 heavy (non-hydrogen) atoms. The summed E-state index contributed by atoms with van der Waals surface area (Å²) in [4.78, 5) is 4.49. The summed E-state index contributed by atoms with van der Waals surface area (Å²) in [5.74, 6) is 0. The minimum Gasteiger partial charge on any atom is -0.454 e. The molecule has 2 heterocycles. The highest BCUT2D eigenvalue weighted by molar-refractivity contribution is 6.10. The number of hydrogen-bond donors (Lipinski definition) is 0. The van der Waals surface area contributed by atoms with Crippen molar-refractivity contribution in [2.45, 2.75) is 39.9 Å². The molecule has 1 aliphatic heterocycles. The molecule has 0 saturated heterocycles. The summed E-state index contributed by atoms with van der Waals surface area (Å²) in [6.07, 6.45) is 0.00223. The molecular formula is C24H24N2O. The molecule has 136 valence electrons. The predicted octanol–water partition coefficient (Wildman–Crippen LogP) is 6.61. The second-order valence-electron chi connectivity index (χ2n) is 7.51. The Balaban J connectivity index is 1.82. The van der Waals surface area contributed by atoms with Gasteiger partial charge in [0.05, 0.1) is 18.4 Å². The number of anilines is 3. The summed E-state index contributed by atoms with van der Waals surface area (Å²) >= 11 is 0. The van der Waals surface area contributed by atoms with Gasteiger partial charge in [0.2, 0.25) is 0 Å². The predicted molar refractivity (Wildman–Crippen MR) is 114 cm³/mol. The summed E-state index contributed by atoms with van der Waals surface area (Å²) in [5.41, 5.74) is 6.27. The number of rotatable bonds is 2. The van der Waals surface area contributed by atoms with E-state index in [1.807, 2.05) is 32.0 Å². The zero-order valence-corrected chi connectivity index (χ0v) is 16.2. The van der Waals surface area contributed by atoms with Crippen molar-refractivity contribution in [2.75, 3.05) is 9.80 Å². The molecule has 0 bridgehead atoms. The van der Waals surface area contributed by atoms with E-state index in [0.717, 1.165) is 44.6 Å². The fourth-order valence-corrected chi connectivity index (χ4v) is 4.48. The van der Waals surface area contributed by atoms with E-state index < -0.39 is 6.02 Å². The first-order valence-corrected chi connectivity index (χ1v) is 9.46. The second kappa shape index (κ2) is 5.78. The summed E-state index contributed by atoms with van der Waals surface area (Å²) in [6, 6.07) is 20.1. The third-order valence-corrected chi connectivity index (χ3v) is 5.59. The Morgan fingerprint density at radius 3 is 2.41 bits per heavy atom. The first kappa shape index (κ1) is 15.2. The average Bonchev–Trinajstić information content (AvgIpc) is 3.16. The van der Waals surface area contributed by atoms with Crippen molar-refractivity contribution in [1.82, 2.24) is 0 Å². The van der Waals surface area contributed by atoms with Crippen molar-refractivity contribution < 1.29 is 5.79 Å². The van der Waals surface area contributed by atoms with Gasteiger partial charge in [-0.15, -0.1) is 0 Å². The Morgan fingerprint density at radius 2 is 1.63 bits per heavy atom. The second-order valence-corrected chi connectivity index (χ2v) is 7.51. The monoisotopic (exact) mass is 357 g/mol. The van der Waals surface area contributed by atoms with Crippen LogP contribution in [-0.2, 0) is 0 Å². The molecule has 4 aromatic rings. The van der Waals surface area contributed by atoms with Gasteiger partial charge in [0.15, 0.2) is 5.58 Å². The van der Waals surface area contributed by atoms with Crippen LogP contribution in [0, 0.1) is 6.92 Å². The van der Waals surface area contributed by atoms with E-state index in [9.17, 15) is 0 Å². The van der Waals surface area contributed by atoms with Crippen molar-refractivity contribution >= 4 is 39.0 Å². The van der Waals surface area contributed by atoms with Crippen molar-refractivity contribution in [3.63, 3.8) is 0 Å². The molecule has 0 N–H and O–H groups in total. The number of para-hydroxylation sites is 3. The van der Waals surface area contributed by atoms with E-state index >= 15 is 0 Å². The number of aryl methyl sites for hydroxylation is 1. The smallest absolute Gasteiger partial charge is 0.159 e. The number of benzene rings is 3. The number of nitrogens with zero attached hydrogens (tertiary/aromatic N) is 2. The third-order valence-electron chi connectivity index (χ3n) is 5.59. The Hall–Kier alpha value is -2.94. The van der Waals surface area contributed by atoms with E-state index in [0.29, 0.717) is 0 Å². The molecule has 3 aromatic carbocycles. The molecule has 0 spiro atoms. The normalized spacial score (nSPS) is 17.6. The van der Waals surface area contributed by atoms with Crippen LogP contribution in [-0.4, -0.2) is 12.2 Å². The molecular weight excluding hydrogens is 332 g/mol. The van der Waals surface area contributed by atoms with E-state index in [2.05, 4.69) is 66.1 Å². The first-order valence-electron chi connectivity index (χ1n) is 9.96. The zero-order chi connectivity index (χ0) is 19.6. The van der Waals surface area contributed by atoms with Gasteiger partial charge in [0.25, 0.3) is 0 Å². The summed E-state index contributed by atoms with van der Waals surface area (Å²) in [5, 5.41) is 2.26. The minimum atomic E-state index is -0.736. The SMILES string of the molecule is [2H]C(C)(C)N1c2ccccc2N(c2c(C)ccc3c2oc2ccccc23)C1C. The van der Waals surface area contributed by atoms with Crippen LogP contribution in [0.5, 0.6) is 0 Å². The highest BCUT2D eigenvalue weighted by Gasteiger charge is 2.37. The maximum absolute atomic E-state index is 8.72. The molecule has 1 aromatic heterocycles. The largest absolute Gasteiger partial charge is 0.454 e. The molecule has 0 amide bonds. The van der Waals surface area contributed by atoms with Gasteiger partial charge in [-0.05, 0) is 51.5 Å². The number of fused-ring (bicyclic) bond motifs is 4. The third kappa shape index (κ3) is 2.21. The van der Waals surface area contributed by atoms with E-state index in [-0.39, 0.29) is 6.17 Å². The van der Waals surface area contributed by atoms with Gasteiger partial charge < -0.3 is 14.2 Å². The summed E-state index contributed by atoms with van der Waals surface area (Å²) in [6.45, 7) is 8.18. The molecule has 0 fully saturated rings. The number of furan rings is 1. The fraction of sp³-hybridized carbons (Fsp3) is 0.250. The van der Waals surface area contributed by atoms with Crippen LogP contribution in [0.3, 0.4) is 0 Å².